The van der Waals surface area contributed by atoms with E-state index < -0.39 is 0 Å². The molecule has 130 valence electrons. The van der Waals surface area contributed by atoms with Gasteiger partial charge in [-0.3, -0.25) is 4.79 Å². The van der Waals surface area contributed by atoms with Gasteiger partial charge in [-0.05, 0) is 52.2 Å². The molecule has 24 heavy (non-hydrogen) atoms. The molecular formula is C19H28N4O. The smallest absolute Gasteiger partial charge is 0.236 e. The first-order valence-corrected chi connectivity index (χ1v) is 8.91. The lowest BCUT2D eigenvalue weighted by Crippen LogP contribution is -2.46. The molecule has 3 rings (SSSR count). The van der Waals surface area contributed by atoms with Gasteiger partial charge in [0.25, 0.3) is 0 Å². The molecule has 2 heterocycles. The van der Waals surface area contributed by atoms with E-state index in [0.29, 0.717) is 6.54 Å². The average molecular weight is 328 g/mol. The predicted octanol–water partition coefficient (Wildman–Crippen LogP) is 2.73. The molecule has 2 aromatic rings. The van der Waals surface area contributed by atoms with Crippen molar-refractivity contribution in [3.63, 3.8) is 0 Å². The van der Waals surface area contributed by atoms with Gasteiger partial charge in [-0.25, -0.2) is 4.98 Å². The highest BCUT2D eigenvalue weighted by atomic mass is 16.2. The van der Waals surface area contributed by atoms with Gasteiger partial charge >= 0.3 is 0 Å². The molecule has 1 aliphatic heterocycles. The molecule has 0 aliphatic carbocycles. The van der Waals surface area contributed by atoms with Crippen molar-refractivity contribution in [3.05, 3.63) is 30.1 Å². The molecule has 0 atom stereocenters. The van der Waals surface area contributed by atoms with E-state index in [1.54, 1.807) is 0 Å². The molecule has 1 saturated heterocycles. The number of nitrogens with one attached hydrogen (secondary N) is 1. The standard InChI is InChI=1S/C19H28N4O/c1-15-21-16-8-4-5-9-17(16)23(15)13-10-19(2,3)20-14-18(24)22-11-6-7-12-22/h4-5,8-9,20H,6-7,10-14H2,1-3H3. The number of fused-ring (bicyclic) bond motifs is 1. The van der Waals surface area contributed by atoms with Crippen molar-refractivity contribution in [2.24, 2.45) is 0 Å². The monoisotopic (exact) mass is 328 g/mol. The number of nitrogens with zero attached hydrogens (tertiary/aromatic N) is 3. The van der Waals surface area contributed by atoms with Crippen molar-refractivity contribution < 1.29 is 4.79 Å². The van der Waals surface area contributed by atoms with E-state index in [-0.39, 0.29) is 11.4 Å². The van der Waals surface area contributed by atoms with E-state index in [0.717, 1.165) is 50.2 Å². The lowest BCUT2D eigenvalue weighted by molar-refractivity contribution is -0.129. The Bertz CT molecular complexity index is 713. The van der Waals surface area contributed by atoms with Crippen molar-refractivity contribution in [1.82, 2.24) is 19.8 Å². The van der Waals surface area contributed by atoms with Crippen LogP contribution in [-0.4, -0.2) is 45.5 Å². The second kappa shape index (κ2) is 6.93. The third-order valence-electron chi connectivity index (χ3n) is 4.98. The maximum atomic E-state index is 12.2. The SMILES string of the molecule is Cc1nc2ccccc2n1CCC(C)(C)NCC(=O)N1CCCC1. The van der Waals surface area contributed by atoms with E-state index in [1.807, 2.05) is 11.0 Å². The van der Waals surface area contributed by atoms with E-state index in [1.165, 1.54) is 5.52 Å². The zero-order chi connectivity index (χ0) is 17.2. The number of imidazole rings is 1. The molecule has 1 N–H and O–H groups in total. The molecule has 0 unspecified atom stereocenters. The second-order valence-electron chi connectivity index (χ2n) is 7.37. The van der Waals surface area contributed by atoms with Crippen LogP contribution in [0.5, 0.6) is 0 Å². The minimum absolute atomic E-state index is 0.0901. The fourth-order valence-corrected chi connectivity index (χ4v) is 3.35. The fourth-order valence-electron chi connectivity index (χ4n) is 3.35. The van der Waals surface area contributed by atoms with E-state index >= 15 is 0 Å². The van der Waals surface area contributed by atoms with Gasteiger partial charge in [-0.2, -0.15) is 0 Å². The number of likely N-dealkylation sites (tertiary alicyclic amines) is 1. The first-order valence-electron chi connectivity index (χ1n) is 8.91. The lowest BCUT2D eigenvalue weighted by atomic mass is 10.0. The van der Waals surface area contributed by atoms with Crippen LogP contribution in [0.2, 0.25) is 0 Å². The summed E-state index contributed by atoms with van der Waals surface area (Å²) in [5.41, 5.74) is 2.14. The maximum Gasteiger partial charge on any atom is 0.236 e. The van der Waals surface area contributed by atoms with Crippen LogP contribution in [0.15, 0.2) is 24.3 Å². The predicted molar refractivity (Wildman–Crippen MR) is 97.0 cm³/mol. The molecule has 1 aromatic heterocycles. The zero-order valence-corrected chi connectivity index (χ0v) is 15.0. The molecule has 1 amide bonds. The first-order chi connectivity index (χ1) is 11.5. The summed E-state index contributed by atoms with van der Waals surface area (Å²) in [6.45, 7) is 9.54. The molecule has 0 spiro atoms. The number of amides is 1. The van der Waals surface area contributed by atoms with Gasteiger partial charge in [0, 0.05) is 25.2 Å². The normalized spacial score (nSPS) is 15.4. The van der Waals surface area contributed by atoms with Gasteiger partial charge in [0.2, 0.25) is 5.91 Å². The molecule has 0 bridgehead atoms. The van der Waals surface area contributed by atoms with Crippen LogP contribution in [0.3, 0.4) is 0 Å². The number of aryl methyl sites for hydroxylation is 2. The molecule has 1 aromatic carbocycles. The van der Waals surface area contributed by atoms with Crippen LogP contribution in [-0.2, 0) is 11.3 Å². The third-order valence-corrected chi connectivity index (χ3v) is 4.98. The highest BCUT2D eigenvalue weighted by Gasteiger charge is 2.22. The number of hydrogen-bond acceptors (Lipinski definition) is 3. The number of hydrogen-bond donors (Lipinski definition) is 1. The summed E-state index contributed by atoms with van der Waals surface area (Å²) in [6.07, 6.45) is 3.23. The van der Waals surface area contributed by atoms with Gasteiger partial charge in [0.1, 0.15) is 5.82 Å². The first kappa shape index (κ1) is 17.0. The van der Waals surface area contributed by atoms with E-state index in [2.05, 4.69) is 53.8 Å². The van der Waals surface area contributed by atoms with Gasteiger partial charge in [0.05, 0.1) is 17.6 Å². The summed E-state index contributed by atoms with van der Waals surface area (Å²) in [4.78, 5) is 18.8. The average Bonchev–Trinajstić information content (AvgIpc) is 3.18. The van der Waals surface area contributed by atoms with Gasteiger partial charge in [-0.1, -0.05) is 12.1 Å². The number of rotatable bonds is 6. The third kappa shape index (κ3) is 3.78. The molecule has 5 heteroatoms. The van der Waals surface area contributed by atoms with Crippen molar-refractivity contribution in [1.29, 1.82) is 0 Å². The summed E-state index contributed by atoms with van der Waals surface area (Å²) < 4.78 is 2.26. The Morgan fingerprint density at radius 1 is 1.25 bits per heavy atom. The Hall–Kier alpha value is -1.88. The summed E-state index contributed by atoms with van der Waals surface area (Å²) in [6, 6.07) is 8.25. The topological polar surface area (TPSA) is 50.2 Å². The lowest BCUT2D eigenvalue weighted by Gasteiger charge is -2.28. The van der Waals surface area contributed by atoms with Crippen LogP contribution in [0, 0.1) is 6.92 Å². The van der Waals surface area contributed by atoms with E-state index in [4.69, 9.17) is 0 Å². The Labute approximate surface area is 144 Å². The van der Waals surface area contributed by atoms with Crippen molar-refractivity contribution in [2.45, 2.75) is 52.1 Å². The van der Waals surface area contributed by atoms with Crippen LogP contribution < -0.4 is 5.32 Å². The van der Waals surface area contributed by atoms with Crippen LogP contribution in [0.1, 0.15) is 38.9 Å². The fraction of sp³-hybridized carbons (Fsp3) is 0.579. The number of benzene rings is 1. The number of aromatic nitrogens is 2. The van der Waals surface area contributed by atoms with Crippen molar-refractivity contribution >= 4 is 16.9 Å². The summed E-state index contributed by atoms with van der Waals surface area (Å²) in [5, 5.41) is 3.44. The summed E-state index contributed by atoms with van der Waals surface area (Å²) in [7, 11) is 0. The molecule has 0 radical (unpaired) electrons. The summed E-state index contributed by atoms with van der Waals surface area (Å²) in [5.74, 6) is 1.27. The molecule has 1 fully saturated rings. The zero-order valence-electron chi connectivity index (χ0n) is 15.0. The van der Waals surface area contributed by atoms with E-state index in [9.17, 15) is 4.79 Å². The van der Waals surface area contributed by atoms with Crippen molar-refractivity contribution in [3.8, 4) is 0 Å². The minimum Gasteiger partial charge on any atom is -0.342 e. The van der Waals surface area contributed by atoms with Gasteiger partial charge < -0.3 is 14.8 Å². The number of para-hydroxylation sites is 2. The second-order valence-corrected chi connectivity index (χ2v) is 7.37. The maximum absolute atomic E-state index is 12.2. The number of carbonyl (C=O) groups is 1. The van der Waals surface area contributed by atoms with Crippen LogP contribution in [0.4, 0.5) is 0 Å². The van der Waals surface area contributed by atoms with Gasteiger partial charge in [-0.15, -0.1) is 0 Å². The highest BCUT2D eigenvalue weighted by molar-refractivity contribution is 5.78. The van der Waals surface area contributed by atoms with Crippen LogP contribution >= 0.6 is 0 Å². The Morgan fingerprint density at radius 2 is 1.96 bits per heavy atom. The quantitative estimate of drug-likeness (QED) is 0.887. The molecular weight excluding hydrogens is 300 g/mol. The van der Waals surface area contributed by atoms with Crippen molar-refractivity contribution in [2.75, 3.05) is 19.6 Å². The summed E-state index contributed by atoms with van der Waals surface area (Å²) >= 11 is 0. The largest absolute Gasteiger partial charge is 0.342 e. The molecule has 1 aliphatic rings. The minimum atomic E-state index is -0.0901. The Balaban J connectivity index is 1.57. The Morgan fingerprint density at radius 3 is 2.71 bits per heavy atom. The number of carbonyl (C=O) groups excluding carboxylic acids is 1. The molecule has 0 saturated carbocycles. The highest BCUT2D eigenvalue weighted by Crippen LogP contribution is 2.18. The molecule has 5 nitrogen and oxygen atoms in total. The van der Waals surface area contributed by atoms with Gasteiger partial charge in [0.15, 0.2) is 0 Å². The van der Waals surface area contributed by atoms with Crippen LogP contribution in [0.25, 0.3) is 11.0 Å². The Kier molecular flexibility index (Phi) is 4.90.